The number of benzene rings is 2. The number of rotatable bonds is 6. The van der Waals surface area contributed by atoms with Gasteiger partial charge >= 0.3 is 5.97 Å². The molecule has 0 heterocycles. The van der Waals surface area contributed by atoms with Crippen LogP contribution in [0.4, 0.5) is 5.69 Å². The number of carboxylic acids is 1. The van der Waals surface area contributed by atoms with Crippen LogP contribution in [0, 0.1) is 0 Å². The molecule has 1 atom stereocenters. The van der Waals surface area contributed by atoms with Crippen molar-refractivity contribution >= 4 is 28.4 Å². The van der Waals surface area contributed by atoms with Crippen LogP contribution in [0.3, 0.4) is 0 Å². The van der Waals surface area contributed by atoms with E-state index in [9.17, 15) is 18.9 Å². The molecule has 2 aromatic rings. The molecule has 0 radical (unpaired) electrons. The number of carboxylic acid groups (broad SMARTS) is 1. The van der Waals surface area contributed by atoms with Gasteiger partial charge in [0, 0.05) is 34.1 Å². The number of carbonyl (C=O) groups excluding carboxylic acids is 1. The molecule has 2 rings (SSSR count). The normalized spacial score (nSPS) is 12.4. The Kier molecular flexibility index (Phi) is 5.74. The number of nitrogens with one attached hydrogen (secondary N) is 1. The lowest BCUT2D eigenvalue weighted by molar-refractivity contribution is -0.142. The van der Waals surface area contributed by atoms with Crippen LogP contribution in [0.2, 0.25) is 0 Å². The second-order valence-corrected chi connectivity index (χ2v) is 7.81. The van der Waals surface area contributed by atoms with Crippen molar-refractivity contribution in [2.24, 2.45) is 0 Å². The molecule has 1 unspecified atom stereocenters. The van der Waals surface area contributed by atoms with Gasteiger partial charge < -0.3 is 10.4 Å². The van der Waals surface area contributed by atoms with Crippen LogP contribution >= 0.6 is 0 Å². The summed E-state index contributed by atoms with van der Waals surface area (Å²) in [5.74, 6) is -0.775. The molecule has 0 aliphatic rings. The van der Waals surface area contributed by atoms with Crippen molar-refractivity contribution in [1.82, 2.24) is 0 Å². The first-order chi connectivity index (χ1) is 11.7. The summed E-state index contributed by atoms with van der Waals surface area (Å²) in [5.41, 5.74) is 1.57. The summed E-state index contributed by atoms with van der Waals surface area (Å²) >= 11 is 0. The number of hydrogen-bond donors (Lipinski definition) is 2. The van der Waals surface area contributed by atoms with E-state index >= 15 is 0 Å². The Morgan fingerprint density at radius 3 is 2.32 bits per heavy atom. The fourth-order valence-corrected chi connectivity index (χ4v) is 2.98. The Balaban J connectivity index is 2.13. The predicted molar refractivity (Wildman–Crippen MR) is 99.3 cm³/mol. The molecular formula is C19H21NO4S. The zero-order chi connectivity index (χ0) is 18.6. The first-order valence-corrected chi connectivity index (χ1v) is 9.47. The van der Waals surface area contributed by atoms with Crippen molar-refractivity contribution in [2.75, 3.05) is 11.6 Å². The Hall–Kier alpha value is -2.47. The highest BCUT2D eigenvalue weighted by atomic mass is 32.2. The van der Waals surface area contributed by atoms with E-state index in [1.807, 2.05) is 6.07 Å². The van der Waals surface area contributed by atoms with Gasteiger partial charge in [0.1, 0.15) is 0 Å². The molecule has 25 heavy (non-hydrogen) atoms. The molecule has 0 saturated carbocycles. The summed E-state index contributed by atoms with van der Waals surface area (Å²) in [5, 5.41) is 12.0. The van der Waals surface area contributed by atoms with Gasteiger partial charge in [-0.25, -0.2) is 0 Å². The van der Waals surface area contributed by atoms with Crippen LogP contribution in [0.1, 0.15) is 35.3 Å². The minimum atomic E-state index is -0.993. The molecule has 0 saturated heterocycles. The molecule has 0 aliphatic heterocycles. The van der Waals surface area contributed by atoms with Gasteiger partial charge in [-0.2, -0.15) is 0 Å². The van der Waals surface area contributed by atoms with E-state index in [2.05, 4.69) is 5.32 Å². The van der Waals surface area contributed by atoms with E-state index in [4.69, 9.17) is 0 Å². The zero-order valence-corrected chi connectivity index (χ0v) is 15.2. The van der Waals surface area contributed by atoms with Crippen LogP contribution in [0.15, 0.2) is 48.5 Å². The molecule has 2 aromatic carbocycles. The maximum atomic E-state index is 12.4. The van der Waals surface area contributed by atoms with Gasteiger partial charge in [-0.05, 0) is 49.2 Å². The molecule has 0 bridgehead atoms. The summed E-state index contributed by atoms with van der Waals surface area (Å²) in [7, 11) is -0.971. The third-order valence-corrected chi connectivity index (χ3v) is 4.70. The lowest BCUT2D eigenvalue weighted by Crippen LogP contribution is -2.28. The van der Waals surface area contributed by atoms with E-state index in [-0.39, 0.29) is 5.91 Å². The molecule has 5 nitrogen and oxygen atoms in total. The van der Waals surface area contributed by atoms with E-state index < -0.39 is 22.2 Å². The van der Waals surface area contributed by atoms with Crippen molar-refractivity contribution < 1.29 is 18.9 Å². The quantitative estimate of drug-likeness (QED) is 0.830. The van der Waals surface area contributed by atoms with Gasteiger partial charge in [-0.15, -0.1) is 0 Å². The van der Waals surface area contributed by atoms with Crippen molar-refractivity contribution in [3.8, 4) is 0 Å². The average Bonchev–Trinajstić information content (AvgIpc) is 2.54. The molecule has 0 aliphatic carbocycles. The van der Waals surface area contributed by atoms with Crippen LogP contribution < -0.4 is 5.32 Å². The van der Waals surface area contributed by atoms with Gasteiger partial charge in [0.15, 0.2) is 0 Å². The monoisotopic (exact) mass is 359 g/mol. The summed E-state index contributed by atoms with van der Waals surface area (Å²) in [6.45, 7) is 3.26. The Morgan fingerprint density at radius 2 is 1.76 bits per heavy atom. The molecule has 0 aromatic heterocycles. The van der Waals surface area contributed by atoms with Crippen LogP contribution in [-0.2, 0) is 26.8 Å². The van der Waals surface area contributed by atoms with E-state index in [1.54, 1.807) is 62.6 Å². The topological polar surface area (TPSA) is 83.5 Å². The second kappa shape index (κ2) is 7.61. The third-order valence-electron chi connectivity index (χ3n) is 3.96. The van der Waals surface area contributed by atoms with Gasteiger partial charge in [0.2, 0.25) is 0 Å². The highest BCUT2D eigenvalue weighted by Crippen LogP contribution is 2.25. The number of amides is 1. The number of hydrogen-bond acceptors (Lipinski definition) is 3. The number of anilines is 1. The summed E-state index contributed by atoms with van der Waals surface area (Å²) in [6, 6.07) is 13.8. The van der Waals surface area contributed by atoms with Crippen molar-refractivity contribution in [1.29, 1.82) is 0 Å². The lowest BCUT2D eigenvalue weighted by Gasteiger charge is -2.19. The summed E-state index contributed by atoms with van der Waals surface area (Å²) < 4.78 is 11.3. The minimum Gasteiger partial charge on any atom is -0.481 e. The molecule has 0 spiro atoms. The van der Waals surface area contributed by atoms with Gasteiger partial charge in [0.05, 0.1) is 5.41 Å². The molecule has 132 valence electrons. The maximum absolute atomic E-state index is 12.4. The lowest BCUT2D eigenvalue weighted by atomic mass is 9.85. The van der Waals surface area contributed by atoms with E-state index in [0.717, 1.165) is 5.56 Å². The highest BCUT2D eigenvalue weighted by Gasteiger charge is 2.29. The van der Waals surface area contributed by atoms with Crippen molar-refractivity contribution in [3.63, 3.8) is 0 Å². The van der Waals surface area contributed by atoms with Crippen LogP contribution in [-0.4, -0.2) is 27.4 Å². The first-order valence-electron chi connectivity index (χ1n) is 7.74. The molecule has 6 heteroatoms. The Bertz CT molecular complexity index is 812. The largest absolute Gasteiger partial charge is 0.481 e. The van der Waals surface area contributed by atoms with Crippen molar-refractivity contribution in [3.05, 3.63) is 65.2 Å². The summed E-state index contributed by atoms with van der Waals surface area (Å²) in [6.07, 6.45) is 1.62. The van der Waals surface area contributed by atoms with Gasteiger partial charge in [0.25, 0.3) is 5.91 Å². The average molecular weight is 359 g/mol. The minimum absolute atomic E-state index is 0.269. The van der Waals surface area contributed by atoms with E-state index in [0.29, 0.717) is 22.6 Å². The Labute approximate surface area is 149 Å². The third kappa shape index (κ3) is 4.76. The smallest absolute Gasteiger partial charge is 0.313 e. The van der Waals surface area contributed by atoms with Crippen LogP contribution in [0.25, 0.3) is 0 Å². The molecular weight excluding hydrogens is 338 g/mol. The molecule has 0 fully saturated rings. The van der Waals surface area contributed by atoms with Crippen LogP contribution in [0.5, 0.6) is 0 Å². The number of carbonyl (C=O) groups is 2. The fourth-order valence-electron chi connectivity index (χ4n) is 2.33. The number of aliphatic carboxylic acids is 1. The summed E-state index contributed by atoms with van der Waals surface area (Å²) in [4.78, 5) is 23.6. The van der Waals surface area contributed by atoms with Gasteiger partial charge in [-0.3, -0.25) is 13.8 Å². The van der Waals surface area contributed by atoms with Gasteiger partial charge in [-0.1, -0.05) is 24.3 Å². The first kappa shape index (κ1) is 18.9. The fraction of sp³-hybridized carbons (Fsp3) is 0.263. The maximum Gasteiger partial charge on any atom is 0.313 e. The molecule has 1 amide bonds. The molecule has 2 N–H and O–H groups in total. The predicted octanol–water partition coefficient (Wildman–Crippen LogP) is 3.18. The standard InChI is InChI=1S/C19H21NO4S/c1-19(2,18(22)23)15-7-9-16(10-8-15)20-17(21)14-6-4-5-13(11-14)12-25(3)24/h4-11H,12H2,1-3H3,(H,20,21)(H,22,23). The SMILES string of the molecule is CS(=O)Cc1cccc(C(=O)Nc2ccc(C(C)(C)C(=O)O)cc2)c1. The zero-order valence-electron chi connectivity index (χ0n) is 14.4. The highest BCUT2D eigenvalue weighted by molar-refractivity contribution is 7.83. The second-order valence-electron chi connectivity index (χ2n) is 6.38. The van der Waals surface area contributed by atoms with Crippen molar-refractivity contribution in [2.45, 2.75) is 25.0 Å². The van der Waals surface area contributed by atoms with E-state index in [1.165, 1.54) is 0 Å². The Morgan fingerprint density at radius 1 is 1.12 bits per heavy atom.